The van der Waals surface area contributed by atoms with E-state index in [0.717, 1.165) is 37.2 Å². The Kier molecular flexibility index (Phi) is 6.11. The number of hydrogen-bond donors (Lipinski definition) is 1. The summed E-state index contributed by atoms with van der Waals surface area (Å²) in [6.45, 7) is 6.32. The normalized spacial score (nSPS) is 15.7. The second kappa shape index (κ2) is 8.52. The maximum atomic E-state index is 14.3. The van der Waals surface area contributed by atoms with Crippen molar-refractivity contribution in [1.82, 2.24) is 20.3 Å². The number of benzene rings is 1. The molecule has 0 radical (unpaired) electrons. The van der Waals surface area contributed by atoms with Gasteiger partial charge in [0.25, 0.3) is 0 Å². The van der Waals surface area contributed by atoms with Gasteiger partial charge in [-0.15, -0.1) is 0 Å². The van der Waals surface area contributed by atoms with Gasteiger partial charge in [0.1, 0.15) is 11.6 Å². The first-order valence-corrected chi connectivity index (χ1v) is 9.36. The van der Waals surface area contributed by atoms with Gasteiger partial charge in [-0.25, -0.2) is 9.18 Å². The molecule has 1 aliphatic rings. The molecule has 1 saturated heterocycles. The fourth-order valence-corrected chi connectivity index (χ4v) is 3.59. The molecule has 1 aliphatic heterocycles. The van der Waals surface area contributed by atoms with Gasteiger partial charge in [0.2, 0.25) is 0 Å². The summed E-state index contributed by atoms with van der Waals surface area (Å²) >= 11 is 0. The van der Waals surface area contributed by atoms with Crippen molar-refractivity contribution in [2.45, 2.75) is 39.3 Å². The highest BCUT2D eigenvalue weighted by molar-refractivity contribution is 5.74. The second-order valence-corrected chi connectivity index (χ2v) is 7.13. The maximum absolute atomic E-state index is 14.3. The number of hydrogen-bond acceptors (Lipinski definition) is 4. The summed E-state index contributed by atoms with van der Waals surface area (Å²) in [5.41, 5.74) is 2.33. The Balaban J connectivity index is 1.66. The van der Waals surface area contributed by atoms with Crippen molar-refractivity contribution in [1.29, 1.82) is 0 Å². The average molecular weight is 374 g/mol. The zero-order chi connectivity index (χ0) is 19.4. The largest absolute Gasteiger partial charge is 0.361 e. The van der Waals surface area contributed by atoms with Crippen LogP contribution in [0.25, 0.3) is 0 Å². The zero-order valence-corrected chi connectivity index (χ0v) is 16.2. The zero-order valence-electron chi connectivity index (χ0n) is 16.2. The Morgan fingerprint density at radius 2 is 2.04 bits per heavy atom. The first-order valence-electron chi connectivity index (χ1n) is 9.36. The molecule has 1 N–H and O–H groups in total. The fourth-order valence-electron chi connectivity index (χ4n) is 3.59. The Labute approximate surface area is 159 Å². The maximum Gasteiger partial charge on any atom is 0.317 e. The summed E-state index contributed by atoms with van der Waals surface area (Å²) in [6.07, 6.45) is 2.20. The molecule has 0 saturated carbocycles. The van der Waals surface area contributed by atoms with E-state index in [0.29, 0.717) is 24.4 Å². The first kappa shape index (κ1) is 19.4. The highest BCUT2D eigenvalue weighted by Gasteiger charge is 2.26. The predicted octanol–water partition coefficient (Wildman–Crippen LogP) is 3.41. The van der Waals surface area contributed by atoms with E-state index in [2.05, 4.69) is 15.4 Å². The molecule has 0 bridgehead atoms. The van der Waals surface area contributed by atoms with Crippen LogP contribution >= 0.6 is 0 Å². The summed E-state index contributed by atoms with van der Waals surface area (Å²) < 4.78 is 19.5. The number of aryl methyl sites for hydroxylation is 2. The van der Waals surface area contributed by atoms with E-state index in [9.17, 15) is 9.18 Å². The molecule has 0 spiro atoms. The van der Waals surface area contributed by atoms with Gasteiger partial charge in [0, 0.05) is 24.7 Å². The lowest BCUT2D eigenvalue weighted by atomic mass is 10.0. The van der Waals surface area contributed by atoms with E-state index in [1.165, 1.54) is 6.07 Å². The number of nitrogens with one attached hydrogen (secondary N) is 1. The summed E-state index contributed by atoms with van der Waals surface area (Å²) in [6, 6.07) is 6.45. The number of nitrogens with zero attached hydrogens (tertiary/aromatic N) is 3. The Morgan fingerprint density at radius 3 is 2.67 bits per heavy atom. The Hall–Kier alpha value is -2.41. The average Bonchev–Trinajstić information content (AvgIpc) is 3.29. The van der Waals surface area contributed by atoms with E-state index in [1.807, 2.05) is 19.9 Å². The summed E-state index contributed by atoms with van der Waals surface area (Å²) in [7, 11) is 1.73. The highest BCUT2D eigenvalue weighted by atomic mass is 19.1. The smallest absolute Gasteiger partial charge is 0.317 e. The van der Waals surface area contributed by atoms with Gasteiger partial charge < -0.3 is 14.7 Å². The molecule has 27 heavy (non-hydrogen) atoms. The van der Waals surface area contributed by atoms with Crippen LogP contribution in [-0.2, 0) is 6.54 Å². The van der Waals surface area contributed by atoms with Crippen LogP contribution in [0.5, 0.6) is 0 Å². The Bertz CT molecular complexity index is 767. The number of urea groups is 1. The van der Waals surface area contributed by atoms with E-state index in [4.69, 9.17) is 4.52 Å². The molecule has 1 aromatic heterocycles. The molecule has 3 rings (SSSR count). The van der Waals surface area contributed by atoms with Crippen molar-refractivity contribution >= 4 is 6.03 Å². The minimum Gasteiger partial charge on any atom is -0.361 e. The predicted molar refractivity (Wildman–Crippen MR) is 101 cm³/mol. The lowest BCUT2D eigenvalue weighted by Crippen LogP contribution is -2.42. The first-order chi connectivity index (χ1) is 13.0. The number of carbonyl (C=O) groups excluding carboxylic acids is 1. The van der Waals surface area contributed by atoms with Gasteiger partial charge in [-0.05, 0) is 45.8 Å². The molecular formula is C20H27FN4O2. The van der Waals surface area contributed by atoms with Crippen molar-refractivity contribution in [3.63, 3.8) is 0 Å². The van der Waals surface area contributed by atoms with Gasteiger partial charge in [-0.3, -0.25) is 4.90 Å². The van der Waals surface area contributed by atoms with Crippen molar-refractivity contribution in [3.05, 3.63) is 52.7 Å². The van der Waals surface area contributed by atoms with Crippen LogP contribution in [0.3, 0.4) is 0 Å². The van der Waals surface area contributed by atoms with Crippen LogP contribution in [0.15, 0.2) is 28.8 Å². The number of amides is 2. The number of rotatable bonds is 6. The minimum absolute atomic E-state index is 0.162. The third kappa shape index (κ3) is 4.47. The summed E-state index contributed by atoms with van der Waals surface area (Å²) in [4.78, 5) is 16.4. The van der Waals surface area contributed by atoms with Gasteiger partial charge in [0.05, 0.1) is 18.3 Å². The van der Waals surface area contributed by atoms with Gasteiger partial charge in [0.15, 0.2) is 0 Å². The third-order valence-electron chi connectivity index (χ3n) is 5.22. The number of likely N-dealkylation sites (tertiary alicyclic amines) is 1. The van der Waals surface area contributed by atoms with E-state index < -0.39 is 0 Å². The van der Waals surface area contributed by atoms with Gasteiger partial charge in [-0.1, -0.05) is 23.4 Å². The molecule has 0 aliphatic carbocycles. The number of halogens is 1. The molecule has 1 fully saturated rings. The topological polar surface area (TPSA) is 61.6 Å². The van der Waals surface area contributed by atoms with Crippen LogP contribution in [0, 0.1) is 19.7 Å². The molecule has 2 heterocycles. The molecule has 146 valence electrons. The van der Waals surface area contributed by atoms with Crippen LogP contribution in [0.4, 0.5) is 9.18 Å². The number of aromatic nitrogens is 1. The molecule has 7 heteroatoms. The van der Waals surface area contributed by atoms with E-state index in [-0.39, 0.29) is 17.9 Å². The van der Waals surface area contributed by atoms with Gasteiger partial charge in [-0.2, -0.15) is 0 Å². The van der Waals surface area contributed by atoms with Crippen LogP contribution in [0.2, 0.25) is 0 Å². The van der Waals surface area contributed by atoms with Crippen LogP contribution in [0.1, 0.15) is 41.5 Å². The van der Waals surface area contributed by atoms with E-state index >= 15 is 0 Å². The molecule has 2 amide bonds. The highest BCUT2D eigenvalue weighted by Crippen LogP contribution is 2.26. The summed E-state index contributed by atoms with van der Waals surface area (Å²) in [5.74, 6) is 0.487. The SMILES string of the molecule is Cc1noc(C)c1CN(C)C(=O)NCC(c1ccccc1F)N1CCCC1. The molecule has 6 nitrogen and oxygen atoms in total. The lowest BCUT2D eigenvalue weighted by molar-refractivity contribution is 0.194. The van der Waals surface area contributed by atoms with E-state index in [1.54, 1.807) is 24.1 Å². The van der Waals surface area contributed by atoms with Crippen molar-refractivity contribution in [2.75, 3.05) is 26.7 Å². The molecule has 1 atom stereocenters. The number of carbonyl (C=O) groups is 1. The van der Waals surface area contributed by atoms with Crippen molar-refractivity contribution < 1.29 is 13.7 Å². The molecule has 1 aromatic carbocycles. The van der Waals surface area contributed by atoms with Gasteiger partial charge >= 0.3 is 6.03 Å². The second-order valence-electron chi connectivity index (χ2n) is 7.13. The standard InChI is InChI=1S/C20H27FN4O2/c1-14-17(15(2)27-23-14)13-24(3)20(26)22-12-19(25-10-6-7-11-25)16-8-4-5-9-18(16)21/h4-5,8-9,19H,6-7,10-13H2,1-3H3,(H,22,26). The third-order valence-corrected chi connectivity index (χ3v) is 5.22. The molecule has 2 aromatic rings. The van der Waals surface area contributed by atoms with Crippen molar-refractivity contribution in [3.8, 4) is 0 Å². The molecular weight excluding hydrogens is 347 g/mol. The minimum atomic E-state index is -0.229. The fraction of sp³-hybridized carbons (Fsp3) is 0.500. The lowest BCUT2D eigenvalue weighted by Gasteiger charge is -2.29. The van der Waals surface area contributed by atoms with Crippen LogP contribution < -0.4 is 5.32 Å². The molecule has 1 unspecified atom stereocenters. The van der Waals surface area contributed by atoms with Crippen molar-refractivity contribution in [2.24, 2.45) is 0 Å². The quantitative estimate of drug-likeness (QED) is 0.842. The Morgan fingerprint density at radius 1 is 1.33 bits per heavy atom. The van der Waals surface area contributed by atoms with Crippen LogP contribution in [-0.4, -0.2) is 47.7 Å². The monoisotopic (exact) mass is 374 g/mol. The summed E-state index contributed by atoms with van der Waals surface area (Å²) in [5, 5.41) is 6.89.